The summed E-state index contributed by atoms with van der Waals surface area (Å²) in [6.45, 7) is 1.97. The van der Waals surface area contributed by atoms with Crippen LogP contribution >= 0.6 is 0 Å². The van der Waals surface area contributed by atoms with Crippen LogP contribution in [0.4, 0.5) is 4.39 Å². The standard InChI is InChI=1S/C29H30FNO3/c30-25-5-3-4-24(18-25)22-10-12-23(13-11-22)29(32)31(26-6-1-2-7-26)19-21-8-14-27(15-9-21)34-28-16-17-33-20-28/h3-5,8-15,18,26,28H,1-2,6-7,16-17,19-20H2/t28-/m0/s1. The maximum atomic E-state index is 13.6. The zero-order valence-electron chi connectivity index (χ0n) is 19.3. The first kappa shape index (κ1) is 22.6. The van der Waals surface area contributed by atoms with E-state index in [1.165, 1.54) is 12.1 Å². The third-order valence-corrected chi connectivity index (χ3v) is 6.78. The van der Waals surface area contributed by atoms with Gasteiger partial charge in [0.1, 0.15) is 17.7 Å². The average molecular weight is 460 g/mol. The predicted molar refractivity (Wildman–Crippen MR) is 130 cm³/mol. The highest BCUT2D eigenvalue weighted by molar-refractivity contribution is 5.95. The molecule has 0 aromatic heterocycles. The molecule has 1 heterocycles. The largest absolute Gasteiger partial charge is 0.488 e. The van der Waals surface area contributed by atoms with Crippen LogP contribution in [-0.2, 0) is 11.3 Å². The van der Waals surface area contributed by atoms with Gasteiger partial charge in [-0.2, -0.15) is 0 Å². The summed E-state index contributed by atoms with van der Waals surface area (Å²) in [5, 5.41) is 0. The Kier molecular flexibility index (Phi) is 6.91. The highest BCUT2D eigenvalue weighted by Gasteiger charge is 2.27. The normalized spacial score (nSPS) is 18.2. The van der Waals surface area contributed by atoms with Gasteiger partial charge in [0, 0.05) is 24.6 Å². The fourth-order valence-electron chi connectivity index (χ4n) is 4.89. The van der Waals surface area contributed by atoms with Crippen molar-refractivity contribution >= 4 is 5.91 Å². The van der Waals surface area contributed by atoms with Crippen LogP contribution in [0.2, 0.25) is 0 Å². The van der Waals surface area contributed by atoms with Gasteiger partial charge in [-0.15, -0.1) is 0 Å². The summed E-state index contributed by atoms with van der Waals surface area (Å²) in [6.07, 6.45) is 5.43. The average Bonchev–Trinajstić information content (AvgIpc) is 3.58. The number of halogens is 1. The van der Waals surface area contributed by atoms with Crippen LogP contribution in [0.15, 0.2) is 72.8 Å². The molecule has 0 radical (unpaired) electrons. The Morgan fingerprint density at radius 1 is 0.941 bits per heavy atom. The fourth-order valence-corrected chi connectivity index (χ4v) is 4.89. The first-order chi connectivity index (χ1) is 16.7. The molecular weight excluding hydrogens is 429 g/mol. The molecule has 0 bridgehead atoms. The molecule has 1 amide bonds. The van der Waals surface area contributed by atoms with Crippen LogP contribution in [-0.4, -0.2) is 36.2 Å². The maximum absolute atomic E-state index is 13.6. The Balaban J connectivity index is 1.31. The minimum atomic E-state index is -0.266. The second kappa shape index (κ2) is 10.4. The van der Waals surface area contributed by atoms with E-state index in [4.69, 9.17) is 9.47 Å². The number of carbonyl (C=O) groups is 1. The van der Waals surface area contributed by atoms with Gasteiger partial charge in [-0.3, -0.25) is 4.79 Å². The molecule has 0 spiro atoms. The molecule has 0 N–H and O–H groups in total. The Labute approximate surface area is 200 Å². The number of carbonyl (C=O) groups excluding carboxylic acids is 1. The number of rotatable bonds is 7. The van der Waals surface area contributed by atoms with Crippen LogP contribution in [0.25, 0.3) is 11.1 Å². The van der Waals surface area contributed by atoms with Gasteiger partial charge in [-0.25, -0.2) is 4.39 Å². The van der Waals surface area contributed by atoms with Crippen molar-refractivity contribution in [3.05, 3.63) is 89.7 Å². The van der Waals surface area contributed by atoms with E-state index in [1.807, 2.05) is 59.5 Å². The number of ether oxygens (including phenoxy) is 2. The zero-order chi connectivity index (χ0) is 23.3. The van der Waals surface area contributed by atoms with Gasteiger partial charge in [-0.05, 0) is 65.9 Å². The van der Waals surface area contributed by atoms with Gasteiger partial charge in [0.15, 0.2) is 0 Å². The molecule has 1 saturated heterocycles. The van der Waals surface area contributed by atoms with E-state index in [0.29, 0.717) is 18.7 Å². The first-order valence-electron chi connectivity index (χ1n) is 12.2. The third kappa shape index (κ3) is 5.31. The van der Waals surface area contributed by atoms with E-state index >= 15 is 0 Å². The zero-order valence-corrected chi connectivity index (χ0v) is 19.3. The molecule has 5 rings (SSSR count). The quantitative estimate of drug-likeness (QED) is 0.419. The second-order valence-electron chi connectivity index (χ2n) is 9.21. The molecule has 176 valence electrons. The Hall–Kier alpha value is -3.18. The molecule has 4 nitrogen and oxygen atoms in total. The fraction of sp³-hybridized carbons (Fsp3) is 0.345. The Morgan fingerprint density at radius 2 is 1.71 bits per heavy atom. The lowest BCUT2D eigenvalue weighted by Gasteiger charge is -2.29. The molecule has 5 heteroatoms. The van der Waals surface area contributed by atoms with Crippen LogP contribution in [0.1, 0.15) is 48.0 Å². The summed E-state index contributed by atoms with van der Waals surface area (Å²) in [5.41, 5.74) is 3.45. The highest BCUT2D eigenvalue weighted by Crippen LogP contribution is 2.28. The molecular formula is C29H30FNO3. The van der Waals surface area contributed by atoms with Gasteiger partial charge in [0.05, 0.1) is 13.2 Å². The lowest BCUT2D eigenvalue weighted by atomic mass is 10.0. The molecule has 1 saturated carbocycles. The van der Waals surface area contributed by atoms with Gasteiger partial charge in [0.2, 0.25) is 0 Å². The number of hydrogen-bond donors (Lipinski definition) is 0. The monoisotopic (exact) mass is 459 g/mol. The van der Waals surface area contributed by atoms with Gasteiger partial charge in [0.25, 0.3) is 5.91 Å². The second-order valence-corrected chi connectivity index (χ2v) is 9.21. The van der Waals surface area contributed by atoms with Crippen molar-refractivity contribution in [2.45, 2.75) is 50.8 Å². The summed E-state index contributed by atoms with van der Waals surface area (Å²) in [4.78, 5) is 15.6. The minimum absolute atomic E-state index is 0.0427. The predicted octanol–water partition coefficient (Wildman–Crippen LogP) is 6.25. The van der Waals surface area contributed by atoms with Gasteiger partial charge < -0.3 is 14.4 Å². The summed E-state index contributed by atoms with van der Waals surface area (Å²) in [5.74, 6) is 0.616. The van der Waals surface area contributed by atoms with E-state index in [1.54, 1.807) is 6.07 Å². The maximum Gasteiger partial charge on any atom is 0.254 e. The van der Waals surface area contributed by atoms with Gasteiger partial charge >= 0.3 is 0 Å². The van der Waals surface area contributed by atoms with Crippen molar-refractivity contribution in [1.29, 1.82) is 0 Å². The van der Waals surface area contributed by atoms with Crippen LogP contribution < -0.4 is 4.74 Å². The molecule has 3 aromatic carbocycles. The molecule has 3 aromatic rings. The molecule has 1 aliphatic heterocycles. The van der Waals surface area contributed by atoms with Crippen molar-refractivity contribution in [1.82, 2.24) is 4.90 Å². The van der Waals surface area contributed by atoms with E-state index in [2.05, 4.69) is 0 Å². The molecule has 2 fully saturated rings. The van der Waals surface area contributed by atoms with Crippen molar-refractivity contribution in [3.63, 3.8) is 0 Å². The first-order valence-corrected chi connectivity index (χ1v) is 12.2. The minimum Gasteiger partial charge on any atom is -0.488 e. The SMILES string of the molecule is O=C(c1ccc(-c2cccc(F)c2)cc1)N(Cc1ccc(O[C@H]2CCOC2)cc1)C1CCCC1. The topological polar surface area (TPSA) is 38.8 Å². The van der Waals surface area contributed by atoms with E-state index in [-0.39, 0.29) is 23.9 Å². The summed E-state index contributed by atoms with van der Waals surface area (Å²) in [7, 11) is 0. The highest BCUT2D eigenvalue weighted by atomic mass is 19.1. The Morgan fingerprint density at radius 3 is 2.38 bits per heavy atom. The van der Waals surface area contributed by atoms with E-state index in [0.717, 1.165) is 61.2 Å². The summed E-state index contributed by atoms with van der Waals surface area (Å²) < 4.78 is 25.0. The van der Waals surface area contributed by atoms with E-state index < -0.39 is 0 Å². The van der Waals surface area contributed by atoms with Crippen molar-refractivity contribution in [2.24, 2.45) is 0 Å². The third-order valence-electron chi connectivity index (χ3n) is 6.78. The van der Waals surface area contributed by atoms with Crippen LogP contribution in [0.3, 0.4) is 0 Å². The number of nitrogens with zero attached hydrogens (tertiary/aromatic N) is 1. The molecule has 2 aliphatic rings. The van der Waals surface area contributed by atoms with Crippen molar-refractivity contribution < 1.29 is 18.7 Å². The number of benzene rings is 3. The Bertz CT molecular complexity index is 1100. The lowest BCUT2D eigenvalue weighted by molar-refractivity contribution is 0.0664. The van der Waals surface area contributed by atoms with Crippen LogP contribution in [0, 0.1) is 5.82 Å². The van der Waals surface area contributed by atoms with Gasteiger partial charge in [-0.1, -0.05) is 49.2 Å². The molecule has 34 heavy (non-hydrogen) atoms. The lowest BCUT2D eigenvalue weighted by Crippen LogP contribution is -2.38. The number of hydrogen-bond acceptors (Lipinski definition) is 3. The van der Waals surface area contributed by atoms with Crippen molar-refractivity contribution in [3.8, 4) is 16.9 Å². The molecule has 0 unspecified atom stereocenters. The smallest absolute Gasteiger partial charge is 0.254 e. The number of amides is 1. The van der Waals surface area contributed by atoms with E-state index in [9.17, 15) is 9.18 Å². The molecule has 1 atom stereocenters. The summed E-state index contributed by atoms with van der Waals surface area (Å²) >= 11 is 0. The van der Waals surface area contributed by atoms with Crippen molar-refractivity contribution in [2.75, 3.05) is 13.2 Å². The molecule has 1 aliphatic carbocycles. The summed E-state index contributed by atoms with van der Waals surface area (Å²) in [6, 6.07) is 22.3. The van der Waals surface area contributed by atoms with Crippen LogP contribution in [0.5, 0.6) is 5.75 Å².